The van der Waals surface area contributed by atoms with Gasteiger partial charge in [-0.3, -0.25) is 4.79 Å². The summed E-state index contributed by atoms with van der Waals surface area (Å²) < 4.78 is 4.83. The average molecular weight is 274 g/mol. The zero-order valence-corrected chi connectivity index (χ0v) is 11.7. The number of nitrogens with zero attached hydrogens (tertiary/aromatic N) is 1. The maximum absolute atomic E-state index is 11.5. The van der Waals surface area contributed by atoms with Gasteiger partial charge in [0.25, 0.3) is 0 Å². The van der Waals surface area contributed by atoms with Gasteiger partial charge in [-0.2, -0.15) is 0 Å². The lowest BCUT2D eigenvalue weighted by Gasteiger charge is -2.20. The highest BCUT2D eigenvalue weighted by molar-refractivity contribution is 5.75. The molecule has 0 saturated heterocycles. The molecule has 0 aromatic rings. The normalized spacial score (nSPS) is 8.79. The van der Waals surface area contributed by atoms with Crippen molar-refractivity contribution in [1.82, 2.24) is 10.2 Å². The fourth-order valence-corrected chi connectivity index (χ4v) is 1.47. The van der Waals surface area contributed by atoms with E-state index in [4.69, 9.17) is 4.74 Å². The number of nitrogens with one attached hydrogen (secondary N) is 1. The van der Waals surface area contributed by atoms with E-state index >= 15 is 0 Å². The Hall–Kier alpha value is -1.20. The average Bonchev–Trinajstić information content (AvgIpc) is 2.29. The van der Waals surface area contributed by atoms with Crippen molar-refractivity contribution in [3.8, 4) is 0 Å². The van der Waals surface area contributed by atoms with Crippen LogP contribution in [0.2, 0.25) is 0 Å². The Morgan fingerprint density at radius 2 is 1.84 bits per heavy atom. The van der Waals surface area contributed by atoms with Crippen LogP contribution in [0.3, 0.4) is 0 Å². The highest BCUT2D eigenvalue weighted by Gasteiger charge is 2.09. The Kier molecular flexibility index (Phi) is 17.9. The van der Waals surface area contributed by atoms with Crippen molar-refractivity contribution in [2.24, 2.45) is 0 Å². The highest BCUT2D eigenvalue weighted by Crippen LogP contribution is 2.01. The summed E-state index contributed by atoms with van der Waals surface area (Å²) in [5.41, 5.74) is 0. The number of rotatable bonds is 8. The number of unbranched alkanes of at least 4 members (excludes halogenated alkanes) is 1. The van der Waals surface area contributed by atoms with Crippen molar-refractivity contribution < 1.29 is 15.8 Å². The summed E-state index contributed by atoms with van der Waals surface area (Å²) >= 11 is 0. The molecule has 0 aromatic carbocycles. The Bertz CT molecular complexity index is 244. The van der Waals surface area contributed by atoms with E-state index in [1.165, 1.54) is 0 Å². The largest absolute Gasteiger partial charge is 0.466 e. The number of carbonyl (C=O) groups is 2. The molecular weight excluding hydrogens is 243 g/mol. The number of ether oxygens (including phenoxy) is 1. The molecule has 0 rings (SSSR count). The van der Waals surface area contributed by atoms with Crippen molar-refractivity contribution in [3.05, 3.63) is 0 Å². The van der Waals surface area contributed by atoms with E-state index < -0.39 is 0 Å². The molecule has 0 spiro atoms. The van der Waals surface area contributed by atoms with Gasteiger partial charge in [-0.15, -0.1) is 0 Å². The van der Waals surface area contributed by atoms with Crippen LogP contribution in [0.1, 0.15) is 48.9 Å². The number of hydrogen-bond acceptors (Lipinski definition) is 3. The summed E-state index contributed by atoms with van der Waals surface area (Å²) in [5, 5.41) is 2.76. The van der Waals surface area contributed by atoms with E-state index in [1.807, 2.05) is 13.8 Å². The van der Waals surface area contributed by atoms with Crippen LogP contribution in [0.4, 0.5) is 4.79 Å². The third-order valence-corrected chi connectivity index (χ3v) is 2.36. The summed E-state index contributed by atoms with van der Waals surface area (Å²) in [6.07, 6.45) is 2.01. The summed E-state index contributed by atoms with van der Waals surface area (Å²) in [6, 6.07) is -0.0360. The van der Waals surface area contributed by atoms with Gasteiger partial charge >= 0.3 is 12.0 Å². The number of amides is 2. The van der Waals surface area contributed by atoms with E-state index in [1.54, 1.807) is 11.8 Å². The van der Waals surface area contributed by atoms with Crippen molar-refractivity contribution in [3.63, 3.8) is 0 Å². The zero-order valence-electron chi connectivity index (χ0n) is 11.7. The standard InChI is InChI=1S/C12H24N2O3.CH4.B.H2/c1-4-13-12(16)14(5-2)10-8-7-9-11(15)17-6-3;;;/h4-10H2,1-3H3,(H,13,16);1H4;;1H/i;;;1+1. The molecule has 2 amide bonds. The number of esters is 1. The van der Waals surface area contributed by atoms with Crippen LogP contribution in [0, 0.1) is 0 Å². The SMILES string of the molecule is C.CCNC(=O)N(CC)CCCCC(=O)OCC.[2HH].[B]. The first-order chi connectivity index (χ1) is 8.15. The van der Waals surface area contributed by atoms with E-state index in [2.05, 4.69) is 5.32 Å². The first-order valence-corrected chi connectivity index (χ1v) is 6.34. The van der Waals surface area contributed by atoms with Gasteiger partial charge in [-0.25, -0.2) is 4.79 Å². The molecule has 1 N–H and O–H groups in total. The van der Waals surface area contributed by atoms with Gasteiger partial charge in [-0.1, -0.05) is 7.43 Å². The predicted octanol–water partition coefficient (Wildman–Crippen LogP) is 2.27. The van der Waals surface area contributed by atoms with Crippen LogP contribution < -0.4 is 5.32 Å². The Morgan fingerprint density at radius 1 is 1.21 bits per heavy atom. The highest BCUT2D eigenvalue weighted by atomic mass is 16.5. The maximum atomic E-state index is 11.5. The van der Waals surface area contributed by atoms with E-state index in [9.17, 15) is 9.59 Å². The van der Waals surface area contributed by atoms with E-state index in [0.29, 0.717) is 32.7 Å². The molecule has 0 heterocycles. The van der Waals surface area contributed by atoms with Crippen molar-refractivity contribution in [1.29, 1.82) is 0 Å². The van der Waals surface area contributed by atoms with Gasteiger partial charge in [0.2, 0.25) is 0 Å². The molecule has 0 aliphatic heterocycles. The second-order valence-corrected chi connectivity index (χ2v) is 3.68. The molecule has 0 bridgehead atoms. The molecule has 113 valence electrons. The molecule has 19 heavy (non-hydrogen) atoms. The van der Waals surface area contributed by atoms with Crippen molar-refractivity contribution in [2.75, 3.05) is 26.2 Å². The van der Waals surface area contributed by atoms with Gasteiger partial charge < -0.3 is 15.0 Å². The van der Waals surface area contributed by atoms with Gasteiger partial charge in [-0.05, 0) is 33.6 Å². The third kappa shape index (κ3) is 11.6. The summed E-state index contributed by atoms with van der Waals surface area (Å²) in [7, 11) is 0. The van der Waals surface area contributed by atoms with Gasteiger partial charge in [0, 0.05) is 35.9 Å². The minimum atomic E-state index is -0.159. The molecular formula is C13H30BN2O3. The van der Waals surface area contributed by atoms with Gasteiger partial charge in [0.05, 0.1) is 6.61 Å². The minimum Gasteiger partial charge on any atom is -0.466 e. The predicted molar refractivity (Wildman–Crippen MR) is 81.4 cm³/mol. The number of carbonyl (C=O) groups excluding carboxylic acids is 2. The maximum Gasteiger partial charge on any atom is 0.317 e. The topological polar surface area (TPSA) is 58.6 Å². The number of hydrogen-bond donors (Lipinski definition) is 1. The van der Waals surface area contributed by atoms with Gasteiger partial charge in [0.1, 0.15) is 0 Å². The van der Waals surface area contributed by atoms with Crippen molar-refractivity contribution in [2.45, 2.75) is 47.5 Å². The second kappa shape index (κ2) is 14.9. The molecule has 6 heteroatoms. The molecule has 3 radical (unpaired) electrons. The molecule has 0 saturated carbocycles. The van der Waals surface area contributed by atoms with Crippen LogP contribution in [-0.2, 0) is 9.53 Å². The summed E-state index contributed by atoms with van der Waals surface area (Å²) in [4.78, 5) is 24.4. The Labute approximate surface area is 121 Å². The van der Waals surface area contributed by atoms with E-state index in [-0.39, 0.29) is 29.3 Å². The van der Waals surface area contributed by atoms with Crippen LogP contribution >= 0.6 is 0 Å². The first-order valence-electron chi connectivity index (χ1n) is 6.34. The summed E-state index contributed by atoms with van der Waals surface area (Å²) in [6.45, 7) is 8.07. The van der Waals surface area contributed by atoms with Crippen LogP contribution in [-0.4, -0.2) is 51.6 Å². The molecule has 0 fully saturated rings. The molecule has 5 nitrogen and oxygen atoms in total. The smallest absolute Gasteiger partial charge is 0.317 e. The second-order valence-electron chi connectivity index (χ2n) is 3.68. The lowest BCUT2D eigenvalue weighted by Crippen LogP contribution is -2.40. The molecule has 0 atom stereocenters. The van der Waals surface area contributed by atoms with Crippen molar-refractivity contribution >= 4 is 20.4 Å². The Morgan fingerprint density at radius 3 is 2.32 bits per heavy atom. The fraction of sp³-hybridized carbons (Fsp3) is 0.846. The molecule has 0 aliphatic carbocycles. The zero-order chi connectivity index (χ0) is 13.1. The monoisotopic (exact) mass is 274 g/mol. The first kappa shape index (κ1) is 22.9. The molecule has 0 unspecified atom stereocenters. The van der Waals surface area contributed by atoms with Gasteiger partial charge in [0.15, 0.2) is 0 Å². The van der Waals surface area contributed by atoms with Crippen LogP contribution in [0.5, 0.6) is 0 Å². The lowest BCUT2D eigenvalue weighted by molar-refractivity contribution is -0.143. The van der Waals surface area contributed by atoms with E-state index in [0.717, 1.165) is 12.8 Å². The lowest BCUT2D eigenvalue weighted by atomic mass is 10.2. The van der Waals surface area contributed by atoms with Crippen LogP contribution in [0.25, 0.3) is 0 Å². The molecule has 0 aliphatic rings. The minimum absolute atomic E-state index is 0. The fourth-order valence-electron chi connectivity index (χ4n) is 1.47. The van der Waals surface area contributed by atoms with Crippen LogP contribution in [0.15, 0.2) is 0 Å². The quantitative estimate of drug-likeness (QED) is 0.419. The third-order valence-electron chi connectivity index (χ3n) is 2.36. The Balaban J connectivity index is -0.000000427. The number of urea groups is 1. The molecule has 0 aromatic heterocycles. The summed E-state index contributed by atoms with van der Waals surface area (Å²) in [5.74, 6) is -0.159.